The fourth-order valence-electron chi connectivity index (χ4n) is 2.52. The maximum atomic E-state index is 11.4. The summed E-state index contributed by atoms with van der Waals surface area (Å²) in [6.45, 7) is 3.77. The number of hydrogen-bond donors (Lipinski definition) is 3. The number of hydrogen-bond acceptors (Lipinski definition) is 4. The standard InChI is InChI=1S/C16H25N3O2/c17-8-5-16(21)18-11-13-1-3-14(4-2-13)12-19-9-6-15(20)7-10-19/h1-4,15,20H,5-12,17H2,(H,18,21). The molecule has 1 aliphatic rings. The van der Waals surface area contributed by atoms with Gasteiger partial charge in [-0.15, -0.1) is 0 Å². The number of aliphatic hydroxyl groups excluding tert-OH is 1. The van der Waals surface area contributed by atoms with Gasteiger partial charge in [0.15, 0.2) is 0 Å². The number of aliphatic hydroxyl groups is 1. The van der Waals surface area contributed by atoms with Gasteiger partial charge in [0.25, 0.3) is 0 Å². The van der Waals surface area contributed by atoms with Crippen LogP contribution in [0.4, 0.5) is 0 Å². The number of piperidine rings is 1. The van der Waals surface area contributed by atoms with Crippen LogP contribution in [-0.4, -0.2) is 41.7 Å². The molecule has 1 fully saturated rings. The first-order valence-electron chi connectivity index (χ1n) is 7.62. The molecule has 21 heavy (non-hydrogen) atoms. The lowest BCUT2D eigenvalue weighted by Gasteiger charge is -2.29. The Balaban J connectivity index is 1.77. The van der Waals surface area contributed by atoms with Crippen molar-refractivity contribution in [1.82, 2.24) is 10.2 Å². The van der Waals surface area contributed by atoms with Crippen LogP contribution in [0.15, 0.2) is 24.3 Å². The number of carbonyl (C=O) groups is 1. The van der Waals surface area contributed by atoms with E-state index in [2.05, 4.69) is 34.5 Å². The van der Waals surface area contributed by atoms with Gasteiger partial charge < -0.3 is 16.2 Å². The minimum atomic E-state index is -0.124. The summed E-state index contributed by atoms with van der Waals surface area (Å²) in [4.78, 5) is 13.7. The maximum absolute atomic E-state index is 11.4. The van der Waals surface area contributed by atoms with Gasteiger partial charge in [0.2, 0.25) is 5.91 Å². The minimum absolute atomic E-state index is 0.00606. The molecule has 116 valence electrons. The zero-order valence-electron chi connectivity index (χ0n) is 12.4. The smallest absolute Gasteiger partial charge is 0.221 e. The summed E-state index contributed by atoms with van der Waals surface area (Å²) in [6, 6.07) is 8.32. The molecule has 0 unspecified atom stereocenters. The molecule has 1 aromatic carbocycles. The molecule has 0 atom stereocenters. The SMILES string of the molecule is NCCC(=O)NCc1ccc(CN2CCC(O)CC2)cc1. The van der Waals surface area contributed by atoms with Gasteiger partial charge in [0.05, 0.1) is 6.10 Å². The molecule has 1 saturated heterocycles. The van der Waals surface area contributed by atoms with Crippen molar-refractivity contribution in [3.05, 3.63) is 35.4 Å². The molecule has 0 spiro atoms. The molecule has 4 N–H and O–H groups in total. The molecular weight excluding hydrogens is 266 g/mol. The van der Waals surface area contributed by atoms with Gasteiger partial charge in [0.1, 0.15) is 0 Å². The van der Waals surface area contributed by atoms with E-state index in [0.717, 1.165) is 38.0 Å². The second-order valence-electron chi connectivity index (χ2n) is 5.64. The van der Waals surface area contributed by atoms with Gasteiger partial charge in [-0.1, -0.05) is 24.3 Å². The summed E-state index contributed by atoms with van der Waals surface area (Å²) < 4.78 is 0. The predicted octanol–water partition coefficient (Wildman–Crippen LogP) is 0.608. The first-order valence-corrected chi connectivity index (χ1v) is 7.62. The van der Waals surface area contributed by atoms with E-state index in [9.17, 15) is 9.90 Å². The van der Waals surface area contributed by atoms with Gasteiger partial charge >= 0.3 is 0 Å². The van der Waals surface area contributed by atoms with Crippen molar-refractivity contribution in [3.63, 3.8) is 0 Å². The van der Waals surface area contributed by atoms with Crippen LogP contribution >= 0.6 is 0 Å². The van der Waals surface area contributed by atoms with Crippen molar-refractivity contribution in [3.8, 4) is 0 Å². The third-order valence-electron chi connectivity index (χ3n) is 3.85. The topological polar surface area (TPSA) is 78.6 Å². The first kappa shape index (κ1) is 15.9. The van der Waals surface area contributed by atoms with E-state index in [1.807, 2.05) is 0 Å². The molecule has 1 heterocycles. The molecule has 0 aromatic heterocycles. The molecule has 1 aliphatic heterocycles. The number of amides is 1. The Morgan fingerprint density at radius 3 is 2.48 bits per heavy atom. The van der Waals surface area contributed by atoms with Gasteiger partial charge in [-0.2, -0.15) is 0 Å². The van der Waals surface area contributed by atoms with Crippen molar-refractivity contribution < 1.29 is 9.90 Å². The molecule has 5 nitrogen and oxygen atoms in total. The number of likely N-dealkylation sites (tertiary alicyclic amines) is 1. The van der Waals surface area contributed by atoms with Gasteiger partial charge in [-0.25, -0.2) is 0 Å². The Labute approximate surface area is 126 Å². The van der Waals surface area contributed by atoms with Crippen LogP contribution in [0.25, 0.3) is 0 Å². The average Bonchev–Trinajstić information content (AvgIpc) is 2.49. The third-order valence-corrected chi connectivity index (χ3v) is 3.85. The predicted molar refractivity (Wildman–Crippen MR) is 82.5 cm³/mol. The van der Waals surface area contributed by atoms with Crippen molar-refractivity contribution in [1.29, 1.82) is 0 Å². The number of benzene rings is 1. The lowest BCUT2D eigenvalue weighted by atomic mass is 10.1. The van der Waals surface area contributed by atoms with E-state index in [0.29, 0.717) is 19.5 Å². The van der Waals surface area contributed by atoms with Crippen LogP contribution in [0, 0.1) is 0 Å². The molecule has 0 radical (unpaired) electrons. The fourth-order valence-corrected chi connectivity index (χ4v) is 2.52. The lowest BCUT2D eigenvalue weighted by molar-refractivity contribution is -0.121. The molecule has 0 saturated carbocycles. The van der Waals surface area contributed by atoms with E-state index < -0.39 is 0 Å². The molecule has 1 aromatic rings. The van der Waals surface area contributed by atoms with Crippen molar-refractivity contribution >= 4 is 5.91 Å². The van der Waals surface area contributed by atoms with Crippen LogP contribution < -0.4 is 11.1 Å². The van der Waals surface area contributed by atoms with Crippen LogP contribution in [0.5, 0.6) is 0 Å². The third kappa shape index (κ3) is 5.46. The van der Waals surface area contributed by atoms with Gasteiger partial charge in [0, 0.05) is 39.1 Å². The summed E-state index contributed by atoms with van der Waals surface area (Å²) in [5.74, 6) is -0.00606. The number of rotatable bonds is 6. The quantitative estimate of drug-likeness (QED) is 0.717. The molecule has 2 rings (SSSR count). The summed E-state index contributed by atoms with van der Waals surface area (Å²) >= 11 is 0. The van der Waals surface area contributed by atoms with E-state index in [4.69, 9.17) is 5.73 Å². The number of nitrogens with zero attached hydrogens (tertiary/aromatic N) is 1. The van der Waals surface area contributed by atoms with Crippen LogP contribution in [0.3, 0.4) is 0 Å². The highest BCUT2D eigenvalue weighted by atomic mass is 16.3. The monoisotopic (exact) mass is 291 g/mol. The van der Waals surface area contributed by atoms with Crippen LogP contribution in [0.2, 0.25) is 0 Å². The highest BCUT2D eigenvalue weighted by Gasteiger charge is 2.16. The molecule has 1 amide bonds. The number of carbonyl (C=O) groups excluding carboxylic acids is 1. The Morgan fingerprint density at radius 2 is 1.86 bits per heavy atom. The Hall–Kier alpha value is -1.43. The van der Waals surface area contributed by atoms with Crippen LogP contribution in [0.1, 0.15) is 30.4 Å². The number of nitrogens with one attached hydrogen (secondary N) is 1. The fraction of sp³-hybridized carbons (Fsp3) is 0.562. The summed E-state index contributed by atoms with van der Waals surface area (Å²) in [6.07, 6.45) is 1.98. The summed E-state index contributed by atoms with van der Waals surface area (Å²) in [5, 5.41) is 12.4. The first-order chi connectivity index (χ1) is 10.2. The Kier molecular flexibility index (Phi) is 6.17. The van der Waals surface area contributed by atoms with E-state index in [1.54, 1.807) is 0 Å². The summed E-state index contributed by atoms with van der Waals surface area (Å²) in [7, 11) is 0. The zero-order valence-corrected chi connectivity index (χ0v) is 12.4. The summed E-state index contributed by atoms with van der Waals surface area (Å²) in [5.41, 5.74) is 7.70. The Bertz CT molecular complexity index is 439. The lowest BCUT2D eigenvalue weighted by Crippen LogP contribution is -2.35. The maximum Gasteiger partial charge on any atom is 0.221 e. The average molecular weight is 291 g/mol. The number of nitrogens with two attached hydrogens (primary N) is 1. The highest BCUT2D eigenvalue weighted by molar-refractivity contribution is 5.76. The molecule has 5 heteroatoms. The van der Waals surface area contributed by atoms with Gasteiger partial charge in [-0.3, -0.25) is 9.69 Å². The van der Waals surface area contributed by atoms with E-state index in [-0.39, 0.29) is 12.0 Å². The second-order valence-corrected chi connectivity index (χ2v) is 5.64. The van der Waals surface area contributed by atoms with Gasteiger partial charge in [-0.05, 0) is 24.0 Å². The largest absolute Gasteiger partial charge is 0.393 e. The zero-order chi connectivity index (χ0) is 15.1. The van der Waals surface area contributed by atoms with Crippen molar-refractivity contribution in [2.45, 2.75) is 38.5 Å². The van der Waals surface area contributed by atoms with Crippen molar-refractivity contribution in [2.24, 2.45) is 5.73 Å². The molecular formula is C16H25N3O2. The Morgan fingerprint density at radius 1 is 1.24 bits per heavy atom. The molecule has 0 bridgehead atoms. The second kappa shape index (κ2) is 8.12. The minimum Gasteiger partial charge on any atom is -0.393 e. The van der Waals surface area contributed by atoms with E-state index >= 15 is 0 Å². The normalized spacial score (nSPS) is 16.9. The molecule has 0 aliphatic carbocycles. The van der Waals surface area contributed by atoms with Crippen molar-refractivity contribution in [2.75, 3.05) is 19.6 Å². The van der Waals surface area contributed by atoms with E-state index in [1.165, 1.54) is 5.56 Å². The van der Waals surface area contributed by atoms with Crippen LogP contribution in [-0.2, 0) is 17.9 Å². The highest BCUT2D eigenvalue weighted by Crippen LogP contribution is 2.14.